The number of hydrogen-bond acceptors (Lipinski definition) is 5. The molecule has 1 N–H and O–H groups in total. The maximum Gasteiger partial charge on any atom is 0.165 e. The zero-order valence-electron chi connectivity index (χ0n) is 11.0. The van der Waals surface area contributed by atoms with Crippen LogP contribution in [-0.2, 0) is 6.54 Å². The van der Waals surface area contributed by atoms with Crippen molar-refractivity contribution in [2.45, 2.75) is 38.3 Å². The van der Waals surface area contributed by atoms with Crippen LogP contribution >= 0.6 is 0 Å². The van der Waals surface area contributed by atoms with Gasteiger partial charge in [0.25, 0.3) is 0 Å². The molecule has 1 saturated carbocycles. The van der Waals surface area contributed by atoms with Crippen LogP contribution in [0.3, 0.4) is 0 Å². The van der Waals surface area contributed by atoms with Crippen LogP contribution in [0.4, 0.5) is 0 Å². The molecule has 0 spiro atoms. The summed E-state index contributed by atoms with van der Waals surface area (Å²) in [5, 5.41) is 15.5. The summed E-state index contributed by atoms with van der Waals surface area (Å²) in [5.41, 5.74) is 0. The van der Waals surface area contributed by atoms with E-state index in [0.717, 1.165) is 31.4 Å². The topological polar surface area (TPSA) is 58.9 Å². The van der Waals surface area contributed by atoms with Gasteiger partial charge in [0.15, 0.2) is 5.82 Å². The second kappa shape index (κ2) is 5.32. The monoisotopic (exact) mass is 250 g/mol. The number of tetrazole rings is 1. The Morgan fingerprint density at radius 3 is 3.00 bits per heavy atom. The van der Waals surface area contributed by atoms with E-state index in [1.165, 1.54) is 32.2 Å². The summed E-state index contributed by atoms with van der Waals surface area (Å²) in [4.78, 5) is 2.35. The lowest BCUT2D eigenvalue weighted by molar-refractivity contribution is 0.230. The first-order valence-corrected chi connectivity index (χ1v) is 6.99. The number of piperidine rings is 1. The molecule has 1 aliphatic carbocycles. The van der Waals surface area contributed by atoms with Crippen LogP contribution in [0.2, 0.25) is 0 Å². The largest absolute Gasteiger partial charge is 0.316 e. The average molecular weight is 250 g/mol. The van der Waals surface area contributed by atoms with Crippen molar-refractivity contribution in [3.8, 4) is 0 Å². The summed E-state index contributed by atoms with van der Waals surface area (Å²) in [6.07, 6.45) is 5.10. The molecule has 1 aromatic rings. The highest BCUT2D eigenvalue weighted by Crippen LogP contribution is 2.34. The van der Waals surface area contributed by atoms with Crippen LogP contribution < -0.4 is 5.32 Å². The molecule has 0 bridgehead atoms. The number of rotatable bonds is 5. The van der Waals surface area contributed by atoms with Gasteiger partial charge in [0, 0.05) is 6.54 Å². The van der Waals surface area contributed by atoms with Gasteiger partial charge in [-0.05, 0) is 62.2 Å². The molecular formula is C12H22N6. The van der Waals surface area contributed by atoms with Gasteiger partial charge in [0.05, 0.1) is 12.6 Å². The molecule has 6 nitrogen and oxygen atoms in total. The molecule has 2 aliphatic rings. The molecule has 0 amide bonds. The molecule has 100 valence electrons. The van der Waals surface area contributed by atoms with Gasteiger partial charge in [0.1, 0.15) is 0 Å². The second-order valence-corrected chi connectivity index (χ2v) is 5.68. The summed E-state index contributed by atoms with van der Waals surface area (Å²) < 4.78 is 2.01. The number of nitrogens with zero attached hydrogens (tertiary/aromatic N) is 5. The van der Waals surface area contributed by atoms with Crippen molar-refractivity contribution in [1.82, 2.24) is 30.4 Å². The molecule has 18 heavy (non-hydrogen) atoms. The van der Waals surface area contributed by atoms with Gasteiger partial charge in [-0.1, -0.05) is 0 Å². The average Bonchev–Trinajstić information content (AvgIpc) is 3.12. The van der Waals surface area contributed by atoms with Crippen LogP contribution in [0.5, 0.6) is 0 Å². The first-order chi connectivity index (χ1) is 8.83. The summed E-state index contributed by atoms with van der Waals surface area (Å²) in [7, 11) is 2.17. The van der Waals surface area contributed by atoms with Crippen LogP contribution in [0.25, 0.3) is 0 Å². The minimum absolute atomic E-state index is 0.569. The van der Waals surface area contributed by atoms with Crippen molar-refractivity contribution in [3.05, 3.63) is 5.82 Å². The molecule has 6 heteroatoms. The van der Waals surface area contributed by atoms with Crippen molar-refractivity contribution in [2.75, 3.05) is 26.7 Å². The van der Waals surface area contributed by atoms with Gasteiger partial charge in [0.2, 0.25) is 0 Å². The third-order valence-corrected chi connectivity index (χ3v) is 3.83. The molecule has 3 rings (SSSR count). The molecular weight excluding hydrogens is 228 g/mol. The molecule has 0 aromatic carbocycles. The summed E-state index contributed by atoms with van der Waals surface area (Å²) >= 11 is 0. The number of nitrogens with one attached hydrogen (secondary N) is 1. The molecule has 1 unspecified atom stereocenters. The third-order valence-electron chi connectivity index (χ3n) is 3.83. The van der Waals surface area contributed by atoms with E-state index in [4.69, 9.17) is 0 Å². The van der Waals surface area contributed by atoms with Gasteiger partial charge in [-0.3, -0.25) is 4.90 Å². The maximum absolute atomic E-state index is 4.16. The molecule has 0 radical (unpaired) electrons. The predicted octanol–water partition coefficient (Wildman–Crippen LogP) is 0.439. The van der Waals surface area contributed by atoms with Gasteiger partial charge >= 0.3 is 0 Å². The minimum atomic E-state index is 0.569. The highest BCUT2D eigenvalue weighted by atomic mass is 15.6. The lowest BCUT2D eigenvalue weighted by Crippen LogP contribution is -2.37. The van der Waals surface area contributed by atoms with Crippen LogP contribution in [0.15, 0.2) is 0 Å². The fourth-order valence-electron chi connectivity index (χ4n) is 2.75. The minimum Gasteiger partial charge on any atom is -0.316 e. The Labute approximate surface area is 108 Å². The van der Waals surface area contributed by atoms with E-state index in [1.807, 2.05) is 4.68 Å². The molecule has 1 aromatic heterocycles. The van der Waals surface area contributed by atoms with Crippen molar-refractivity contribution < 1.29 is 0 Å². The van der Waals surface area contributed by atoms with E-state index < -0.39 is 0 Å². The zero-order valence-corrected chi connectivity index (χ0v) is 11.0. The molecule has 1 aliphatic heterocycles. The summed E-state index contributed by atoms with van der Waals surface area (Å²) in [5.74, 6) is 1.79. The van der Waals surface area contributed by atoms with Crippen molar-refractivity contribution >= 4 is 0 Å². The van der Waals surface area contributed by atoms with Gasteiger partial charge in [-0.25, -0.2) is 4.68 Å². The van der Waals surface area contributed by atoms with Crippen LogP contribution in [0, 0.1) is 5.92 Å². The van der Waals surface area contributed by atoms with E-state index in [1.54, 1.807) is 0 Å². The summed E-state index contributed by atoms with van der Waals surface area (Å²) in [6, 6.07) is 0.569. The normalized spacial score (nSPS) is 24.7. The Hall–Kier alpha value is -1.01. The standard InChI is InChI=1S/C12H22N6/c1-17(8-10-3-2-6-13-7-10)9-12-14-15-16-18(12)11-4-5-11/h10-11,13H,2-9H2,1H3. The highest BCUT2D eigenvalue weighted by molar-refractivity contribution is 4.90. The van der Waals surface area contributed by atoms with Crippen molar-refractivity contribution in [1.29, 1.82) is 0 Å². The van der Waals surface area contributed by atoms with Gasteiger partial charge in [-0.2, -0.15) is 0 Å². The van der Waals surface area contributed by atoms with Crippen molar-refractivity contribution in [3.63, 3.8) is 0 Å². The smallest absolute Gasteiger partial charge is 0.165 e. The second-order valence-electron chi connectivity index (χ2n) is 5.68. The number of aromatic nitrogens is 4. The Kier molecular flexibility index (Phi) is 3.56. The highest BCUT2D eigenvalue weighted by Gasteiger charge is 2.28. The van der Waals surface area contributed by atoms with E-state index in [0.29, 0.717) is 6.04 Å². The fourth-order valence-corrected chi connectivity index (χ4v) is 2.75. The Morgan fingerprint density at radius 1 is 1.39 bits per heavy atom. The van der Waals surface area contributed by atoms with Gasteiger partial charge in [-0.15, -0.1) is 5.10 Å². The van der Waals surface area contributed by atoms with Crippen LogP contribution in [-0.4, -0.2) is 51.8 Å². The van der Waals surface area contributed by atoms with E-state index in [-0.39, 0.29) is 0 Å². The molecule has 1 saturated heterocycles. The van der Waals surface area contributed by atoms with Crippen LogP contribution in [0.1, 0.15) is 37.5 Å². The van der Waals surface area contributed by atoms with E-state index in [2.05, 4.69) is 32.8 Å². The summed E-state index contributed by atoms with van der Waals surface area (Å²) in [6.45, 7) is 4.32. The van der Waals surface area contributed by atoms with Gasteiger partial charge < -0.3 is 5.32 Å². The maximum atomic E-state index is 4.16. The quantitative estimate of drug-likeness (QED) is 0.821. The SMILES string of the molecule is CN(Cc1nnnn1C1CC1)CC1CCCNC1. The number of hydrogen-bond donors (Lipinski definition) is 1. The first kappa shape index (κ1) is 12.0. The van der Waals surface area contributed by atoms with E-state index in [9.17, 15) is 0 Å². The first-order valence-electron chi connectivity index (χ1n) is 6.99. The van der Waals surface area contributed by atoms with Crippen molar-refractivity contribution in [2.24, 2.45) is 5.92 Å². The molecule has 2 heterocycles. The Morgan fingerprint density at radius 2 is 2.28 bits per heavy atom. The lowest BCUT2D eigenvalue weighted by atomic mass is 9.99. The predicted molar refractivity (Wildman–Crippen MR) is 68.0 cm³/mol. The Bertz CT molecular complexity index is 380. The molecule has 1 atom stereocenters. The molecule has 2 fully saturated rings. The van der Waals surface area contributed by atoms with E-state index >= 15 is 0 Å². The lowest BCUT2D eigenvalue weighted by Gasteiger charge is -2.27. The third kappa shape index (κ3) is 2.87. The zero-order chi connectivity index (χ0) is 12.4. The fraction of sp³-hybridized carbons (Fsp3) is 0.917. The Balaban J connectivity index is 1.53.